The molecule has 0 unspecified atom stereocenters. The van der Waals surface area contributed by atoms with Crippen LogP contribution in [0.4, 0.5) is 0 Å². The van der Waals surface area contributed by atoms with Crippen LogP contribution in [-0.2, 0) is 5.41 Å². The highest BCUT2D eigenvalue weighted by atomic mass is 16.3. The lowest BCUT2D eigenvalue weighted by Gasteiger charge is -2.47. The summed E-state index contributed by atoms with van der Waals surface area (Å²) in [5.41, 5.74) is 3.50. The number of amides is 1. The fourth-order valence-corrected chi connectivity index (χ4v) is 3.88. The molecule has 1 aliphatic rings. The molecule has 3 aromatic rings. The minimum Gasteiger partial charge on any atom is -0.395 e. The molecule has 1 heterocycles. The molecule has 132 valence electrons. The van der Waals surface area contributed by atoms with E-state index in [4.69, 9.17) is 0 Å². The quantitative estimate of drug-likeness (QED) is 0.761. The molecule has 0 atom stereocenters. The molecule has 4 rings (SSSR count). The Balaban J connectivity index is 1.46. The molecular formula is C22H22N2O2. The van der Waals surface area contributed by atoms with E-state index in [2.05, 4.69) is 10.3 Å². The van der Waals surface area contributed by atoms with Gasteiger partial charge in [-0.3, -0.25) is 9.78 Å². The number of pyridine rings is 1. The highest BCUT2D eigenvalue weighted by Gasteiger charge is 2.45. The number of fused-ring (bicyclic) bond motifs is 1. The molecule has 2 aromatic carbocycles. The number of hydrogen-bond donors (Lipinski definition) is 2. The highest BCUT2D eigenvalue weighted by molar-refractivity contribution is 5.97. The Kier molecular flexibility index (Phi) is 4.21. The molecule has 1 saturated carbocycles. The van der Waals surface area contributed by atoms with Crippen LogP contribution in [-0.4, -0.2) is 28.6 Å². The van der Waals surface area contributed by atoms with E-state index < -0.39 is 0 Å². The summed E-state index contributed by atoms with van der Waals surface area (Å²) in [7, 11) is 0. The molecule has 4 heteroatoms. The highest BCUT2D eigenvalue weighted by Crippen LogP contribution is 2.43. The van der Waals surface area contributed by atoms with Gasteiger partial charge in [-0.25, -0.2) is 0 Å². The number of benzene rings is 2. The Morgan fingerprint density at radius 3 is 2.69 bits per heavy atom. The fourth-order valence-electron chi connectivity index (χ4n) is 3.88. The second-order valence-corrected chi connectivity index (χ2v) is 7.30. The van der Waals surface area contributed by atoms with Gasteiger partial charge in [0.15, 0.2) is 0 Å². The normalized spacial score (nSPS) is 22.0. The number of aryl methyl sites for hydroxylation is 1. The van der Waals surface area contributed by atoms with E-state index in [0.29, 0.717) is 5.56 Å². The third-order valence-electron chi connectivity index (χ3n) is 5.40. The average Bonchev–Trinajstić information content (AvgIpc) is 2.64. The molecule has 0 radical (unpaired) electrons. The number of hydrogen-bond acceptors (Lipinski definition) is 3. The minimum atomic E-state index is -0.238. The molecule has 0 bridgehead atoms. The van der Waals surface area contributed by atoms with Crippen molar-refractivity contribution in [2.45, 2.75) is 31.2 Å². The molecule has 0 aliphatic heterocycles. The molecule has 26 heavy (non-hydrogen) atoms. The van der Waals surface area contributed by atoms with E-state index in [1.54, 1.807) is 6.20 Å². The predicted molar refractivity (Wildman–Crippen MR) is 102 cm³/mol. The van der Waals surface area contributed by atoms with E-state index in [1.165, 1.54) is 0 Å². The number of carbonyl (C=O) groups excluding carboxylic acids is 1. The van der Waals surface area contributed by atoms with Gasteiger partial charge >= 0.3 is 0 Å². The van der Waals surface area contributed by atoms with Gasteiger partial charge in [0.05, 0.1) is 17.7 Å². The van der Waals surface area contributed by atoms with Crippen LogP contribution in [0.3, 0.4) is 0 Å². The molecule has 0 saturated heterocycles. The van der Waals surface area contributed by atoms with Crippen LogP contribution < -0.4 is 5.32 Å². The third kappa shape index (κ3) is 2.97. The summed E-state index contributed by atoms with van der Waals surface area (Å²) in [5.74, 6) is -0.106. The Morgan fingerprint density at radius 2 is 1.96 bits per heavy atom. The number of aromatic nitrogens is 1. The van der Waals surface area contributed by atoms with Crippen molar-refractivity contribution in [3.8, 4) is 0 Å². The first-order valence-electron chi connectivity index (χ1n) is 8.93. The summed E-state index contributed by atoms with van der Waals surface area (Å²) in [5, 5.41) is 13.9. The van der Waals surface area contributed by atoms with E-state index in [-0.39, 0.29) is 24.0 Å². The topological polar surface area (TPSA) is 62.2 Å². The van der Waals surface area contributed by atoms with Gasteiger partial charge in [-0.05, 0) is 43.5 Å². The maximum atomic E-state index is 12.6. The first-order valence-corrected chi connectivity index (χ1v) is 8.93. The lowest BCUT2D eigenvalue weighted by atomic mass is 9.62. The van der Waals surface area contributed by atoms with E-state index in [0.717, 1.165) is 34.9 Å². The molecule has 1 aliphatic carbocycles. The van der Waals surface area contributed by atoms with Crippen molar-refractivity contribution >= 4 is 16.8 Å². The molecule has 1 amide bonds. The molecular weight excluding hydrogens is 324 g/mol. The Hall–Kier alpha value is -2.72. The lowest BCUT2D eigenvalue weighted by molar-refractivity contribution is 0.0700. The van der Waals surface area contributed by atoms with Crippen molar-refractivity contribution in [3.63, 3.8) is 0 Å². The minimum absolute atomic E-state index is 0.0723. The van der Waals surface area contributed by atoms with Crippen molar-refractivity contribution in [1.82, 2.24) is 10.3 Å². The Morgan fingerprint density at radius 1 is 1.19 bits per heavy atom. The van der Waals surface area contributed by atoms with Gasteiger partial charge in [0, 0.05) is 23.0 Å². The summed E-state index contributed by atoms with van der Waals surface area (Å²) in [6.07, 6.45) is 3.13. The second-order valence-electron chi connectivity index (χ2n) is 7.30. The maximum Gasteiger partial charge on any atom is 0.253 e. The van der Waals surface area contributed by atoms with Crippen molar-refractivity contribution in [1.29, 1.82) is 0 Å². The zero-order valence-corrected chi connectivity index (χ0v) is 14.8. The zero-order chi connectivity index (χ0) is 18.1. The third-order valence-corrected chi connectivity index (χ3v) is 5.40. The number of aliphatic hydroxyl groups is 1. The second kappa shape index (κ2) is 6.54. The van der Waals surface area contributed by atoms with Crippen LogP contribution in [0.2, 0.25) is 0 Å². The van der Waals surface area contributed by atoms with E-state index in [1.807, 2.05) is 61.5 Å². The number of rotatable bonds is 4. The Bertz CT molecular complexity index is 947. The molecule has 1 fully saturated rings. The van der Waals surface area contributed by atoms with Crippen molar-refractivity contribution in [3.05, 3.63) is 77.5 Å². The van der Waals surface area contributed by atoms with Gasteiger partial charge in [-0.15, -0.1) is 0 Å². The number of nitrogens with one attached hydrogen (secondary N) is 1. The first kappa shape index (κ1) is 16.7. The molecule has 1 aromatic heterocycles. The SMILES string of the molecule is Cc1ccc2ncc(C(=O)NC3CC(CO)(c4ccccc4)C3)cc2c1. The van der Waals surface area contributed by atoms with Crippen molar-refractivity contribution in [2.75, 3.05) is 6.61 Å². The molecule has 4 nitrogen and oxygen atoms in total. The van der Waals surface area contributed by atoms with Crippen LogP contribution in [0.1, 0.15) is 34.3 Å². The Labute approximate surface area is 152 Å². The van der Waals surface area contributed by atoms with E-state index in [9.17, 15) is 9.90 Å². The fraction of sp³-hybridized carbons (Fsp3) is 0.273. The largest absolute Gasteiger partial charge is 0.395 e. The monoisotopic (exact) mass is 346 g/mol. The van der Waals surface area contributed by atoms with Gasteiger partial charge < -0.3 is 10.4 Å². The lowest BCUT2D eigenvalue weighted by Crippen LogP contribution is -2.55. The van der Waals surface area contributed by atoms with Crippen molar-refractivity contribution < 1.29 is 9.90 Å². The smallest absolute Gasteiger partial charge is 0.253 e. The van der Waals surface area contributed by atoms with Crippen molar-refractivity contribution in [2.24, 2.45) is 0 Å². The van der Waals surface area contributed by atoms with E-state index >= 15 is 0 Å². The number of carbonyl (C=O) groups is 1. The summed E-state index contributed by atoms with van der Waals surface area (Å²) in [6.45, 7) is 2.12. The van der Waals surface area contributed by atoms with Crippen LogP contribution in [0.5, 0.6) is 0 Å². The standard InChI is InChI=1S/C22H22N2O2/c1-15-7-8-20-16(9-15)10-17(13-23-20)21(26)24-19-11-22(12-19,14-25)18-5-3-2-4-6-18/h2-10,13,19,25H,11-12,14H2,1H3,(H,24,26). The first-order chi connectivity index (χ1) is 12.6. The van der Waals surface area contributed by atoms with Crippen LogP contribution >= 0.6 is 0 Å². The maximum absolute atomic E-state index is 12.6. The van der Waals surface area contributed by atoms with Gasteiger partial charge in [0.1, 0.15) is 0 Å². The average molecular weight is 346 g/mol. The summed E-state index contributed by atoms with van der Waals surface area (Å²) < 4.78 is 0. The predicted octanol–water partition coefficient (Wildman–Crippen LogP) is 3.37. The molecule has 2 N–H and O–H groups in total. The summed E-state index contributed by atoms with van der Waals surface area (Å²) in [6, 6.07) is 18.0. The van der Waals surface area contributed by atoms with Gasteiger partial charge in [0.2, 0.25) is 0 Å². The van der Waals surface area contributed by atoms with Gasteiger partial charge in [0.25, 0.3) is 5.91 Å². The van der Waals surface area contributed by atoms with Crippen LogP contribution in [0, 0.1) is 6.92 Å². The molecule has 0 spiro atoms. The van der Waals surface area contributed by atoms with Gasteiger partial charge in [-0.1, -0.05) is 42.0 Å². The summed E-state index contributed by atoms with van der Waals surface area (Å²) in [4.78, 5) is 17.0. The van der Waals surface area contributed by atoms with Gasteiger partial charge in [-0.2, -0.15) is 0 Å². The number of nitrogens with zero attached hydrogens (tertiary/aromatic N) is 1. The number of aliphatic hydroxyl groups excluding tert-OH is 1. The summed E-state index contributed by atoms with van der Waals surface area (Å²) >= 11 is 0. The van der Waals surface area contributed by atoms with Crippen LogP contribution in [0.25, 0.3) is 10.9 Å². The zero-order valence-electron chi connectivity index (χ0n) is 14.8. The van der Waals surface area contributed by atoms with Crippen LogP contribution in [0.15, 0.2) is 60.8 Å².